The number of benzene rings is 1. The van der Waals surface area contributed by atoms with Gasteiger partial charge in [0.2, 0.25) is 5.91 Å². The minimum atomic E-state index is -0.0690. The smallest absolute Gasteiger partial charge is 0.336 e. The summed E-state index contributed by atoms with van der Waals surface area (Å²) >= 11 is 0. The lowest BCUT2D eigenvalue weighted by atomic mass is 10.1. The second-order valence-corrected chi connectivity index (χ2v) is 5.52. The van der Waals surface area contributed by atoms with Gasteiger partial charge in [-0.1, -0.05) is 44.5 Å². The fourth-order valence-corrected chi connectivity index (χ4v) is 2.25. The van der Waals surface area contributed by atoms with Gasteiger partial charge in [0.25, 0.3) is 0 Å². The molecule has 0 amide bonds. The van der Waals surface area contributed by atoms with Gasteiger partial charge >= 0.3 is 6.01 Å². The molecule has 6 heteroatoms. The van der Waals surface area contributed by atoms with Gasteiger partial charge in [-0.3, -0.25) is 4.79 Å². The molecule has 130 valence electrons. The van der Waals surface area contributed by atoms with E-state index in [1.807, 2.05) is 24.3 Å². The topological polar surface area (TPSA) is 66.2 Å². The zero-order valence-electron chi connectivity index (χ0n) is 14.6. The van der Waals surface area contributed by atoms with Crippen molar-refractivity contribution in [3.05, 3.63) is 29.8 Å². The van der Waals surface area contributed by atoms with E-state index >= 15 is 0 Å². The van der Waals surface area contributed by atoms with Gasteiger partial charge in [-0.05, 0) is 18.4 Å². The Morgan fingerprint density at radius 2 is 1.92 bits per heavy atom. The lowest BCUT2D eigenvalue weighted by Gasteiger charge is -2.04. The number of ether oxygens (including phenoxy) is 2. The first-order valence-corrected chi connectivity index (χ1v) is 8.40. The molecule has 0 N–H and O–H groups in total. The van der Waals surface area contributed by atoms with Crippen molar-refractivity contribution in [2.75, 3.05) is 20.3 Å². The van der Waals surface area contributed by atoms with Gasteiger partial charge in [0.1, 0.15) is 6.61 Å². The summed E-state index contributed by atoms with van der Waals surface area (Å²) in [5.74, 6) is 0.451. The van der Waals surface area contributed by atoms with E-state index in [2.05, 4.69) is 23.9 Å². The minimum Gasteiger partial charge on any atom is -0.460 e. The quantitative estimate of drug-likeness (QED) is 0.659. The van der Waals surface area contributed by atoms with Crippen LogP contribution < -0.4 is 4.74 Å². The van der Waals surface area contributed by atoms with Crippen molar-refractivity contribution in [3.8, 4) is 17.4 Å². The van der Waals surface area contributed by atoms with Crippen molar-refractivity contribution in [3.63, 3.8) is 0 Å². The van der Waals surface area contributed by atoms with Crippen LogP contribution in [0.25, 0.3) is 11.4 Å². The fourth-order valence-electron chi connectivity index (χ4n) is 2.25. The Kier molecular flexibility index (Phi) is 6.93. The maximum Gasteiger partial charge on any atom is 0.336 e. The van der Waals surface area contributed by atoms with Crippen LogP contribution in [0.4, 0.5) is 0 Å². The Morgan fingerprint density at radius 3 is 2.54 bits per heavy atom. The van der Waals surface area contributed by atoms with Gasteiger partial charge in [-0.15, -0.1) is 5.10 Å². The predicted octanol–water partition coefficient (Wildman–Crippen LogP) is 3.36. The van der Waals surface area contributed by atoms with Crippen molar-refractivity contribution in [1.82, 2.24) is 14.8 Å². The number of carbonyl (C=O) groups excluding carboxylic acids is 1. The number of unbranched alkanes of at least 4 members (excludes halogenated alkanes) is 1. The van der Waals surface area contributed by atoms with Crippen LogP contribution in [-0.4, -0.2) is 41.0 Å². The van der Waals surface area contributed by atoms with Gasteiger partial charge in [0, 0.05) is 19.1 Å². The van der Waals surface area contributed by atoms with Crippen LogP contribution in [0.1, 0.15) is 43.5 Å². The second-order valence-electron chi connectivity index (χ2n) is 5.52. The van der Waals surface area contributed by atoms with E-state index in [0.717, 1.165) is 24.8 Å². The van der Waals surface area contributed by atoms with Crippen LogP contribution in [0.2, 0.25) is 0 Å². The highest BCUT2D eigenvalue weighted by atomic mass is 16.5. The molecular weight excluding hydrogens is 306 g/mol. The first kappa shape index (κ1) is 18.1. The summed E-state index contributed by atoms with van der Waals surface area (Å²) in [4.78, 5) is 16.8. The molecule has 0 bridgehead atoms. The number of hydrogen-bond acceptors (Lipinski definition) is 5. The van der Waals surface area contributed by atoms with Crippen LogP contribution in [0.3, 0.4) is 0 Å². The van der Waals surface area contributed by atoms with Crippen LogP contribution in [0.15, 0.2) is 24.3 Å². The van der Waals surface area contributed by atoms with Crippen molar-refractivity contribution in [2.45, 2.75) is 39.5 Å². The van der Waals surface area contributed by atoms with Crippen LogP contribution in [0.5, 0.6) is 6.01 Å². The lowest BCUT2D eigenvalue weighted by Crippen LogP contribution is -2.14. The molecule has 0 aliphatic carbocycles. The third kappa shape index (κ3) is 4.64. The Labute approximate surface area is 142 Å². The molecule has 1 aromatic carbocycles. The molecular formula is C18H25N3O3. The first-order valence-electron chi connectivity index (χ1n) is 8.40. The summed E-state index contributed by atoms with van der Waals surface area (Å²) in [6.07, 6.45) is 3.19. The number of aryl methyl sites for hydroxylation is 1. The fraction of sp³-hybridized carbons (Fsp3) is 0.500. The van der Waals surface area contributed by atoms with Crippen LogP contribution in [0, 0.1) is 0 Å². The largest absolute Gasteiger partial charge is 0.460 e. The number of carbonyl (C=O) groups is 1. The lowest BCUT2D eigenvalue weighted by molar-refractivity contribution is 0.0882. The van der Waals surface area contributed by atoms with E-state index in [4.69, 9.17) is 9.47 Å². The van der Waals surface area contributed by atoms with Crippen LogP contribution >= 0.6 is 0 Å². The Bertz CT molecular complexity index is 650. The average Bonchev–Trinajstić information content (AvgIpc) is 3.04. The Morgan fingerprint density at radius 1 is 1.17 bits per heavy atom. The number of methoxy groups -OCH3 is 1. The SMILES string of the molecule is CCCCC(=O)n1nc(OCCOC)nc1-c1ccc(CC)cc1. The summed E-state index contributed by atoms with van der Waals surface area (Å²) in [5, 5.41) is 4.23. The zero-order valence-corrected chi connectivity index (χ0v) is 14.6. The summed E-state index contributed by atoms with van der Waals surface area (Å²) in [6.45, 7) is 4.95. The van der Waals surface area contributed by atoms with E-state index in [1.54, 1.807) is 7.11 Å². The highest BCUT2D eigenvalue weighted by Gasteiger charge is 2.18. The Hall–Kier alpha value is -2.21. The molecule has 2 rings (SSSR count). The normalized spacial score (nSPS) is 10.8. The Balaban J connectivity index is 2.29. The highest BCUT2D eigenvalue weighted by Crippen LogP contribution is 2.21. The average molecular weight is 331 g/mol. The number of hydrogen-bond donors (Lipinski definition) is 0. The zero-order chi connectivity index (χ0) is 17.4. The maximum absolute atomic E-state index is 12.4. The molecule has 1 heterocycles. The summed E-state index contributed by atoms with van der Waals surface area (Å²) < 4.78 is 11.8. The van der Waals surface area contributed by atoms with Crippen molar-refractivity contribution in [1.29, 1.82) is 0 Å². The van der Waals surface area contributed by atoms with Crippen molar-refractivity contribution < 1.29 is 14.3 Å². The molecule has 0 spiro atoms. The molecule has 0 aliphatic rings. The second kappa shape index (κ2) is 9.17. The third-order valence-electron chi connectivity index (χ3n) is 3.71. The molecule has 6 nitrogen and oxygen atoms in total. The maximum atomic E-state index is 12.4. The van der Waals surface area contributed by atoms with E-state index in [9.17, 15) is 4.79 Å². The highest BCUT2D eigenvalue weighted by molar-refractivity contribution is 5.82. The summed E-state index contributed by atoms with van der Waals surface area (Å²) in [5.41, 5.74) is 2.09. The van der Waals surface area contributed by atoms with Gasteiger partial charge in [0.05, 0.1) is 6.61 Å². The van der Waals surface area contributed by atoms with E-state index in [0.29, 0.717) is 25.5 Å². The molecule has 0 atom stereocenters. The number of rotatable bonds is 9. The molecule has 0 saturated carbocycles. The van der Waals surface area contributed by atoms with Gasteiger partial charge in [-0.25, -0.2) is 0 Å². The monoisotopic (exact) mass is 331 g/mol. The standard InChI is InChI=1S/C18H25N3O3/c1-4-6-7-16(22)21-17(15-10-8-14(5-2)9-11-15)19-18(20-21)24-13-12-23-3/h8-11H,4-7,12-13H2,1-3H3. The van der Waals surface area contributed by atoms with Crippen LogP contribution in [-0.2, 0) is 11.2 Å². The predicted molar refractivity (Wildman–Crippen MR) is 92.4 cm³/mol. The number of nitrogens with zero attached hydrogens (tertiary/aromatic N) is 3. The van der Waals surface area contributed by atoms with E-state index in [-0.39, 0.29) is 11.9 Å². The summed E-state index contributed by atoms with van der Waals surface area (Å²) in [6, 6.07) is 8.20. The molecule has 1 aromatic heterocycles. The van der Waals surface area contributed by atoms with Gasteiger partial charge in [0.15, 0.2) is 5.82 Å². The number of aromatic nitrogens is 3. The first-order chi connectivity index (χ1) is 11.7. The molecule has 24 heavy (non-hydrogen) atoms. The molecule has 0 fully saturated rings. The summed E-state index contributed by atoms with van der Waals surface area (Å²) in [7, 11) is 1.60. The van der Waals surface area contributed by atoms with E-state index < -0.39 is 0 Å². The van der Waals surface area contributed by atoms with Crippen molar-refractivity contribution in [2.24, 2.45) is 0 Å². The molecule has 0 saturated heterocycles. The van der Waals surface area contributed by atoms with Crippen molar-refractivity contribution >= 4 is 5.91 Å². The molecule has 0 unspecified atom stereocenters. The third-order valence-corrected chi connectivity index (χ3v) is 3.71. The van der Waals surface area contributed by atoms with E-state index in [1.165, 1.54) is 10.2 Å². The molecule has 0 aliphatic heterocycles. The molecule has 2 aromatic rings. The van der Waals surface area contributed by atoms with Gasteiger partial charge in [-0.2, -0.15) is 9.67 Å². The molecule has 0 radical (unpaired) electrons. The minimum absolute atomic E-state index is 0.0690. The van der Waals surface area contributed by atoms with Gasteiger partial charge < -0.3 is 9.47 Å².